The lowest BCUT2D eigenvalue weighted by Crippen LogP contribution is -2.38. The first-order chi connectivity index (χ1) is 7.19. The molecule has 0 aromatic heterocycles. The predicted octanol–water partition coefficient (Wildman–Crippen LogP) is 1.18. The number of methoxy groups -OCH3 is 1. The smallest absolute Gasteiger partial charge is 0.119 e. The molecule has 82 valence electrons. The van der Waals surface area contributed by atoms with Crippen LogP contribution in [0.2, 0.25) is 0 Å². The van der Waals surface area contributed by atoms with Crippen molar-refractivity contribution >= 4 is 0 Å². The van der Waals surface area contributed by atoms with Gasteiger partial charge in [-0.25, -0.2) is 0 Å². The van der Waals surface area contributed by atoms with Gasteiger partial charge in [0.2, 0.25) is 0 Å². The maximum absolute atomic E-state index is 10.4. The van der Waals surface area contributed by atoms with E-state index in [4.69, 9.17) is 10.5 Å². The molecular weight excluding hydrogens is 190 g/mol. The van der Waals surface area contributed by atoms with E-state index in [-0.39, 0.29) is 6.54 Å². The van der Waals surface area contributed by atoms with E-state index < -0.39 is 5.60 Å². The topological polar surface area (TPSA) is 55.5 Å². The quantitative estimate of drug-likeness (QED) is 0.765. The fourth-order valence-corrected chi connectivity index (χ4v) is 2.25. The molecule has 0 spiro atoms. The van der Waals surface area contributed by atoms with E-state index >= 15 is 0 Å². The molecule has 1 aromatic rings. The molecule has 1 aliphatic rings. The van der Waals surface area contributed by atoms with Gasteiger partial charge in [-0.1, -0.05) is 6.07 Å². The van der Waals surface area contributed by atoms with Crippen LogP contribution in [0.4, 0.5) is 0 Å². The molecule has 0 unspecified atom stereocenters. The monoisotopic (exact) mass is 207 g/mol. The highest BCUT2D eigenvalue weighted by atomic mass is 16.5. The summed E-state index contributed by atoms with van der Waals surface area (Å²) >= 11 is 0. The molecule has 0 bridgehead atoms. The molecule has 1 aliphatic carbocycles. The van der Waals surface area contributed by atoms with Crippen molar-refractivity contribution in [2.75, 3.05) is 13.7 Å². The zero-order valence-corrected chi connectivity index (χ0v) is 8.99. The minimum atomic E-state index is -0.859. The fourth-order valence-electron chi connectivity index (χ4n) is 2.25. The third-order valence-corrected chi connectivity index (χ3v) is 3.19. The van der Waals surface area contributed by atoms with E-state index in [1.165, 1.54) is 5.56 Å². The van der Waals surface area contributed by atoms with Crippen molar-refractivity contribution in [1.82, 2.24) is 0 Å². The molecule has 0 radical (unpaired) electrons. The largest absolute Gasteiger partial charge is 0.497 e. The molecule has 2 rings (SSSR count). The van der Waals surface area contributed by atoms with E-state index in [2.05, 4.69) is 0 Å². The number of aliphatic hydroxyl groups is 1. The third kappa shape index (κ3) is 1.73. The molecule has 0 saturated carbocycles. The van der Waals surface area contributed by atoms with Crippen molar-refractivity contribution in [3.63, 3.8) is 0 Å². The van der Waals surface area contributed by atoms with Crippen LogP contribution in [0.3, 0.4) is 0 Å². The Balaban J connectivity index is 2.48. The van der Waals surface area contributed by atoms with Crippen molar-refractivity contribution < 1.29 is 9.84 Å². The van der Waals surface area contributed by atoms with Crippen molar-refractivity contribution in [2.24, 2.45) is 5.73 Å². The predicted molar refractivity (Wildman–Crippen MR) is 58.9 cm³/mol. The second-order valence-corrected chi connectivity index (χ2v) is 4.11. The van der Waals surface area contributed by atoms with E-state index in [1.54, 1.807) is 7.11 Å². The Morgan fingerprint density at radius 3 is 3.00 bits per heavy atom. The Morgan fingerprint density at radius 2 is 2.33 bits per heavy atom. The van der Waals surface area contributed by atoms with Crippen LogP contribution in [-0.2, 0) is 12.0 Å². The van der Waals surface area contributed by atoms with E-state index in [0.717, 1.165) is 30.6 Å². The molecule has 3 N–H and O–H groups in total. The van der Waals surface area contributed by atoms with Crippen LogP contribution in [0.1, 0.15) is 24.0 Å². The van der Waals surface area contributed by atoms with Gasteiger partial charge >= 0.3 is 0 Å². The molecule has 1 atom stereocenters. The van der Waals surface area contributed by atoms with Gasteiger partial charge in [0.15, 0.2) is 0 Å². The van der Waals surface area contributed by atoms with Crippen LogP contribution in [0, 0.1) is 0 Å². The third-order valence-electron chi connectivity index (χ3n) is 3.19. The summed E-state index contributed by atoms with van der Waals surface area (Å²) in [6.45, 7) is 0.271. The van der Waals surface area contributed by atoms with Crippen molar-refractivity contribution in [3.05, 3.63) is 29.3 Å². The molecule has 1 aromatic carbocycles. The number of ether oxygens (including phenoxy) is 1. The summed E-state index contributed by atoms with van der Waals surface area (Å²) in [4.78, 5) is 0. The lowest BCUT2D eigenvalue weighted by atomic mass is 9.79. The van der Waals surface area contributed by atoms with Gasteiger partial charge in [0.05, 0.1) is 7.11 Å². The summed E-state index contributed by atoms with van der Waals surface area (Å²) < 4.78 is 5.17. The highest BCUT2D eigenvalue weighted by Gasteiger charge is 2.33. The van der Waals surface area contributed by atoms with Gasteiger partial charge < -0.3 is 15.6 Å². The number of nitrogens with two attached hydrogens (primary N) is 1. The molecule has 15 heavy (non-hydrogen) atoms. The van der Waals surface area contributed by atoms with Crippen LogP contribution < -0.4 is 10.5 Å². The van der Waals surface area contributed by atoms with Gasteiger partial charge in [-0.3, -0.25) is 0 Å². The van der Waals surface area contributed by atoms with E-state index in [1.807, 2.05) is 18.2 Å². The number of hydrogen-bond acceptors (Lipinski definition) is 3. The van der Waals surface area contributed by atoms with Gasteiger partial charge in [0, 0.05) is 6.54 Å². The summed E-state index contributed by atoms with van der Waals surface area (Å²) in [5.41, 5.74) is 6.92. The minimum Gasteiger partial charge on any atom is -0.497 e. The lowest BCUT2D eigenvalue weighted by Gasteiger charge is -2.33. The first-order valence-corrected chi connectivity index (χ1v) is 5.29. The van der Waals surface area contributed by atoms with E-state index in [0.29, 0.717) is 0 Å². The first-order valence-electron chi connectivity index (χ1n) is 5.29. The zero-order chi connectivity index (χ0) is 10.9. The van der Waals surface area contributed by atoms with Crippen LogP contribution >= 0.6 is 0 Å². The number of aryl methyl sites for hydroxylation is 1. The van der Waals surface area contributed by atoms with Crippen molar-refractivity contribution in [2.45, 2.75) is 24.9 Å². The minimum absolute atomic E-state index is 0.271. The highest BCUT2D eigenvalue weighted by molar-refractivity contribution is 5.41. The molecule has 0 aliphatic heterocycles. The second-order valence-electron chi connectivity index (χ2n) is 4.11. The van der Waals surface area contributed by atoms with Crippen molar-refractivity contribution in [1.29, 1.82) is 0 Å². The van der Waals surface area contributed by atoms with Gasteiger partial charge in [-0.2, -0.15) is 0 Å². The van der Waals surface area contributed by atoms with Gasteiger partial charge in [0.25, 0.3) is 0 Å². The molecule has 3 nitrogen and oxygen atoms in total. The molecule has 0 heterocycles. The molecule has 0 amide bonds. The number of rotatable bonds is 2. The second kappa shape index (κ2) is 3.83. The summed E-state index contributed by atoms with van der Waals surface area (Å²) in [7, 11) is 1.63. The maximum Gasteiger partial charge on any atom is 0.119 e. The van der Waals surface area contributed by atoms with E-state index in [9.17, 15) is 5.11 Å². The molecular formula is C12H17NO2. The summed E-state index contributed by atoms with van der Waals surface area (Å²) in [6.07, 6.45) is 2.75. The van der Waals surface area contributed by atoms with Crippen LogP contribution in [0.15, 0.2) is 18.2 Å². The standard InChI is InChI=1S/C12H17NO2/c1-15-10-5-4-9-3-2-6-12(14,8-13)11(9)7-10/h4-5,7,14H,2-3,6,8,13H2,1H3/t12-/m1/s1. The molecule has 0 saturated heterocycles. The molecule has 3 heteroatoms. The van der Waals surface area contributed by atoms with Gasteiger partial charge in [0.1, 0.15) is 11.4 Å². The Kier molecular flexibility index (Phi) is 2.67. The summed E-state index contributed by atoms with van der Waals surface area (Å²) in [5, 5.41) is 10.4. The average Bonchev–Trinajstić information content (AvgIpc) is 2.29. The Morgan fingerprint density at radius 1 is 1.53 bits per heavy atom. The SMILES string of the molecule is COc1ccc2c(c1)[C@](O)(CN)CCC2. The molecule has 0 fully saturated rings. The normalized spacial score (nSPS) is 24.7. The van der Waals surface area contributed by atoms with Crippen LogP contribution in [-0.4, -0.2) is 18.8 Å². The lowest BCUT2D eigenvalue weighted by molar-refractivity contribution is 0.0277. The van der Waals surface area contributed by atoms with Gasteiger partial charge in [-0.15, -0.1) is 0 Å². The Hall–Kier alpha value is -1.06. The first kappa shape index (κ1) is 10.5. The number of fused-ring (bicyclic) bond motifs is 1. The highest BCUT2D eigenvalue weighted by Crippen LogP contribution is 2.36. The zero-order valence-electron chi connectivity index (χ0n) is 8.99. The summed E-state index contributed by atoms with van der Waals surface area (Å²) in [5.74, 6) is 0.780. The average molecular weight is 207 g/mol. The van der Waals surface area contributed by atoms with Gasteiger partial charge in [-0.05, 0) is 42.5 Å². The van der Waals surface area contributed by atoms with Crippen LogP contribution in [0.25, 0.3) is 0 Å². The maximum atomic E-state index is 10.4. The van der Waals surface area contributed by atoms with Crippen molar-refractivity contribution in [3.8, 4) is 5.75 Å². The van der Waals surface area contributed by atoms with Crippen LogP contribution in [0.5, 0.6) is 5.75 Å². The summed E-state index contributed by atoms with van der Waals surface area (Å²) in [6, 6.07) is 5.86. The Labute approximate surface area is 89.9 Å². The number of hydrogen-bond donors (Lipinski definition) is 2. The fraction of sp³-hybridized carbons (Fsp3) is 0.500. The Bertz CT molecular complexity index is 365. The number of benzene rings is 1.